The first-order valence-electron chi connectivity index (χ1n) is 14.8. The van der Waals surface area contributed by atoms with E-state index >= 15 is 0 Å². The Morgan fingerprint density at radius 2 is 1.90 bits per heavy atom. The number of urea groups is 1. The van der Waals surface area contributed by atoms with Crippen molar-refractivity contribution in [1.29, 1.82) is 0 Å². The van der Waals surface area contributed by atoms with Gasteiger partial charge in [0.25, 0.3) is 11.8 Å². The number of thioether (sulfide) groups is 1. The molecular formula is C28H29ClN10O11S2. The van der Waals surface area contributed by atoms with Gasteiger partial charge >= 0.3 is 18.0 Å². The number of hydrogen-bond donors (Lipinski definition) is 7. The van der Waals surface area contributed by atoms with Crippen molar-refractivity contribution in [1.82, 2.24) is 30.5 Å². The fraction of sp³-hybridized carbons (Fsp3) is 0.357. The smallest absolute Gasteiger partial charge is 0.350 e. The molecule has 4 atom stereocenters. The van der Waals surface area contributed by atoms with Crippen LogP contribution in [0.3, 0.4) is 0 Å². The molecule has 3 fully saturated rings. The van der Waals surface area contributed by atoms with Crippen molar-refractivity contribution in [3.63, 3.8) is 0 Å². The number of phenolic OH excluding ortho intramolecular Hbond substituents is 2. The lowest BCUT2D eigenvalue weighted by molar-refractivity contribution is -0.161. The first-order valence-corrected chi connectivity index (χ1v) is 16.9. The van der Waals surface area contributed by atoms with Crippen LogP contribution in [0.5, 0.6) is 11.5 Å². The van der Waals surface area contributed by atoms with E-state index < -0.39 is 92.4 Å². The molecule has 0 bridgehead atoms. The average molecular weight is 781 g/mol. The molecule has 24 heteroatoms. The van der Waals surface area contributed by atoms with Crippen molar-refractivity contribution >= 4 is 93.7 Å². The summed E-state index contributed by atoms with van der Waals surface area (Å²) >= 11 is 7.60. The van der Waals surface area contributed by atoms with Gasteiger partial charge in [0.15, 0.2) is 22.3 Å². The Kier molecular flexibility index (Phi) is 10.2. The number of aromatic hydroxyl groups is 2. The third-order valence-corrected chi connectivity index (χ3v) is 10.6. The molecule has 1 aromatic carbocycles. The van der Waals surface area contributed by atoms with Crippen LogP contribution in [0, 0.1) is 0 Å². The van der Waals surface area contributed by atoms with E-state index in [0.717, 1.165) is 57.6 Å². The first-order chi connectivity index (χ1) is 24.4. The molecular weight excluding hydrogens is 752 g/mol. The van der Waals surface area contributed by atoms with Crippen LogP contribution < -0.4 is 16.5 Å². The number of carboxylic acid groups (broad SMARTS) is 2. The van der Waals surface area contributed by atoms with Gasteiger partial charge in [-0.1, -0.05) is 28.5 Å². The van der Waals surface area contributed by atoms with Crippen LogP contribution in [0.25, 0.3) is 0 Å². The van der Waals surface area contributed by atoms with E-state index in [9.17, 15) is 49.2 Å². The number of carboxylic acids is 2. The Labute approximate surface area is 305 Å². The molecule has 0 aliphatic carbocycles. The van der Waals surface area contributed by atoms with Gasteiger partial charge in [-0.2, -0.15) is 10.2 Å². The molecule has 1 aromatic heterocycles. The van der Waals surface area contributed by atoms with Crippen molar-refractivity contribution in [2.24, 2.45) is 15.4 Å². The summed E-state index contributed by atoms with van der Waals surface area (Å²) < 4.78 is 0. The summed E-state index contributed by atoms with van der Waals surface area (Å²) in [5.74, 6) is -6.47. The molecule has 0 saturated carbocycles. The second-order valence-electron chi connectivity index (χ2n) is 11.8. The lowest BCUT2D eigenvalue weighted by Gasteiger charge is -2.41. The number of phenols is 2. The van der Waals surface area contributed by atoms with E-state index in [-0.39, 0.29) is 22.9 Å². The first kappa shape index (κ1) is 37.6. The number of rotatable bonds is 12. The summed E-state index contributed by atoms with van der Waals surface area (Å²) in [5.41, 5.74) is 5.26. The van der Waals surface area contributed by atoms with E-state index in [1.807, 2.05) is 0 Å². The zero-order valence-corrected chi connectivity index (χ0v) is 29.5. The van der Waals surface area contributed by atoms with Gasteiger partial charge in [-0.25, -0.2) is 29.8 Å². The van der Waals surface area contributed by atoms with E-state index in [4.69, 9.17) is 22.2 Å². The number of amides is 5. The summed E-state index contributed by atoms with van der Waals surface area (Å²) in [6.45, 7) is 3.50. The predicted octanol–water partition coefficient (Wildman–Crippen LogP) is 0.0823. The van der Waals surface area contributed by atoms with Crippen LogP contribution in [0.4, 0.5) is 9.93 Å². The highest BCUT2D eigenvalue weighted by Gasteiger charge is 2.67. The third-order valence-electron chi connectivity index (χ3n) is 7.87. The maximum absolute atomic E-state index is 13.5. The fourth-order valence-corrected chi connectivity index (χ4v) is 7.65. The van der Waals surface area contributed by atoms with Gasteiger partial charge in [-0.05, 0) is 32.9 Å². The number of β-lactam (4-membered cyclic amide) rings is 1. The minimum Gasteiger partial charge on any atom is -0.504 e. The van der Waals surface area contributed by atoms with Crippen molar-refractivity contribution in [2.75, 3.05) is 18.8 Å². The number of nitrogens with two attached hydrogens (primary N) is 1. The number of fused-ring (bicyclic) bond motifs is 1. The van der Waals surface area contributed by atoms with Crippen LogP contribution in [-0.2, 0) is 24.0 Å². The van der Waals surface area contributed by atoms with Crippen molar-refractivity contribution in [3.8, 4) is 11.5 Å². The van der Waals surface area contributed by atoms with Gasteiger partial charge in [0, 0.05) is 5.38 Å². The second kappa shape index (κ2) is 14.1. The molecule has 4 heterocycles. The SMILES string of the molecule is C[C@H]1CN(/N=C/C=N/NC(=O)c2ccc(O)c(O)c2Cl)C(=O)N1[C@]1(C(=O)O)CN2C(=O)[C@@H](NC(=O)/C(=N\OC(C)(C)C(=O)O)c3csc(N)n3)[C@H]2S1. The van der Waals surface area contributed by atoms with E-state index in [1.165, 1.54) is 24.1 Å². The fourth-order valence-electron chi connectivity index (χ4n) is 5.15. The number of oxime groups is 1. The molecule has 3 saturated heterocycles. The number of hydrogen-bond acceptors (Lipinski definition) is 16. The quantitative estimate of drug-likeness (QED) is 0.0650. The normalized spacial score (nSPS) is 23.3. The zero-order valence-electron chi connectivity index (χ0n) is 27.1. The summed E-state index contributed by atoms with van der Waals surface area (Å²) in [5, 5.41) is 53.9. The topological polar surface area (TPSA) is 302 Å². The maximum Gasteiger partial charge on any atom is 0.350 e. The molecule has 0 radical (unpaired) electrons. The molecule has 52 heavy (non-hydrogen) atoms. The van der Waals surface area contributed by atoms with Crippen LogP contribution >= 0.6 is 34.7 Å². The van der Waals surface area contributed by atoms with Crippen molar-refractivity contribution in [2.45, 2.75) is 48.7 Å². The summed E-state index contributed by atoms with van der Waals surface area (Å²) in [7, 11) is 0. The summed E-state index contributed by atoms with van der Waals surface area (Å²) in [6, 6.07) is -0.581. The van der Waals surface area contributed by atoms with Crippen LogP contribution in [-0.4, -0.2) is 135 Å². The number of benzene rings is 1. The Morgan fingerprint density at radius 1 is 1.19 bits per heavy atom. The highest BCUT2D eigenvalue weighted by molar-refractivity contribution is 8.02. The van der Waals surface area contributed by atoms with Crippen LogP contribution in [0.2, 0.25) is 5.02 Å². The molecule has 21 nitrogen and oxygen atoms in total. The van der Waals surface area contributed by atoms with Gasteiger partial charge < -0.3 is 41.2 Å². The predicted molar refractivity (Wildman–Crippen MR) is 184 cm³/mol. The molecule has 5 amide bonds. The number of aliphatic carboxylic acids is 2. The lowest BCUT2D eigenvalue weighted by atomic mass is 10.0. The van der Waals surface area contributed by atoms with Crippen LogP contribution in [0.1, 0.15) is 36.8 Å². The number of nitrogen functional groups attached to an aromatic ring is 1. The van der Waals surface area contributed by atoms with Crippen molar-refractivity contribution in [3.05, 3.63) is 33.8 Å². The Bertz CT molecular complexity index is 1960. The molecule has 2 aromatic rings. The number of thiazole rings is 1. The number of halogens is 1. The summed E-state index contributed by atoms with van der Waals surface area (Å²) in [6.07, 6.45) is 2.07. The number of nitrogens with zero attached hydrogens (tertiary/aromatic N) is 7. The Hall–Kier alpha value is -5.68. The minimum atomic E-state index is -1.98. The van der Waals surface area contributed by atoms with Gasteiger partial charge in [0.2, 0.25) is 16.4 Å². The Balaban J connectivity index is 1.27. The molecule has 3 aliphatic rings. The van der Waals surface area contributed by atoms with E-state index in [0.29, 0.717) is 0 Å². The Morgan fingerprint density at radius 3 is 2.54 bits per heavy atom. The highest BCUT2D eigenvalue weighted by atomic mass is 35.5. The van der Waals surface area contributed by atoms with Gasteiger partial charge in [0.05, 0.1) is 42.1 Å². The molecule has 276 valence electrons. The lowest BCUT2D eigenvalue weighted by Crippen LogP contribution is -2.68. The number of aromatic nitrogens is 1. The molecule has 0 spiro atoms. The van der Waals surface area contributed by atoms with Gasteiger partial charge in [-0.15, -0.1) is 11.3 Å². The van der Waals surface area contributed by atoms with Gasteiger partial charge in [-0.3, -0.25) is 19.3 Å². The number of carbonyl (C=O) groups excluding carboxylic acids is 4. The maximum atomic E-state index is 13.5. The third kappa shape index (κ3) is 6.83. The molecule has 0 unspecified atom stereocenters. The second-order valence-corrected chi connectivity index (χ2v) is 14.5. The van der Waals surface area contributed by atoms with Crippen molar-refractivity contribution < 1.29 is 54.0 Å². The zero-order chi connectivity index (χ0) is 38.3. The standard InChI is InChI=1S/C28H29ClN10O11S2/c1-11-8-38(32-7-6-31-35-19(42)12-4-5-14(40)18(41)15(12)29)26(49)39(11)28(24(47)48)10-37-21(44)17(22(37)52-28)34-20(43)16(13-9-51-25(30)33-13)36-50-27(2,3)23(45)46/h4-7,9,11,17,22,40-41H,8,10H2,1-3H3,(H2,30,33)(H,34,43)(H,35,42)(H,45,46)(H,47,48)/b31-6+,32-7+,36-16-/t11-,17+,22+,28+/m0/s1. The van der Waals surface area contributed by atoms with Crippen LogP contribution in [0.15, 0.2) is 32.9 Å². The number of carbonyl (C=O) groups is 6. The minimum absolute atomic E-state index is 0.0599. The van der Waals surface area contributed by atoms with E-state index in [2.05, 4.69) is 31.1 Å². The monoisotopic (exact) mass is 780 g/mol. The average Bonchev–Trinajstić information content (AvgIpc) is 3.75. The molecule has 3 aliphatic heterocycles. The van der Waals surface area contributed by atoms with E-state index in [1.54, 1.807) is 6.92 Å². The van der Waals surface area contributed by atoms with Gasteiger partial charge in [0.1, 0.15) is 17.1 Å². The molecule has 5 rings (SSSR count). The number of hydrazone groups is 2. The number of anilines is 1. The molecule has 8 N–H and O–H groups in total. The summed E-state index contributed by atoms with van der Waals surface area (Å²) in [4.78, 5) is 86.1. The largest absolute Gasteiger partial charge is 0.504 e. The number of nitrogens with one attached hydrogen (secondary N) is 2. The highest BCUT2D eigenvalue weighted by Crippen LogP contribution is 2.50.